The van der Waals surface area contributed by atoms with E-state index in [1.807, 2.05) is 0 Å². The molecular formula is C17H17NO5. The van der Waals surface area contributed by atoms with Gasteiger partial charge in [-0.05, 0) is 18.6 Å². The molecule has 0 N–H and O–H groups in total. The van der Waals surface area contributed by atoms with Crippen LogP contribution in [0, 0.1) is 0 Å². The number of Topliss-reactive ketones (excluding diaryl/α,β-unsaturated/α-hetero) is 2. The highest BCUT2D eigenvalue weighted by atomic mass is 16.5. The summed E-state index contributed by atoms with van der Waals surface area (Å²) in [7, 11) is 0. The Morgan fingerprint density at radius 1 is 1.17 bits per heavy atom. The molecule has 0 bridgehead atoms. The molecule has 3 rings (SSSR count). The van der Waals surface area contributed by atoms with E-state index in [1.54, 1.807) is 18.2 Å². The van der Waals surface area contributed by atoms with Crippen LogP contribution in [0.5, 0.6) is 5.75 Å². The monoisotopic (exact) mass is 315 g/mol. The number of benzene rings is 1. The second-order valence-electron chi connectivity index (χ2n) is 5.87. The van der Waals surface area contributed by atoms with E-state index in [1.165, 1.54) is 11.8 Å². The van der Waals surface area contributed by atoms with E-state index >= 15 is 0 Å². The number of ether oxygens (including phenoxy) is 1. The largest absolute Gasteiger partial charge is 0.426 e. The van der Waals surface area contributed by atoms with Crippen molar-refractivity contribution in [1.82, 2.24) is 4.90 Å². The Hall–Kier alpha value is -2.50. The predicted molar refractivity (Wildman–Crippen MR) is 79.9 cm³/mol. The van der Waals surface area contributed by atoms with E-state index in [-0.39, 0.29) is 36.9 Å². The minimum Gasteiger partial charge on any atom is -0.426 e. The molecule has 6 nitrogen and oxygen atoms in total. The third kappa shape index (κ3) is 2.88. The molecule has 1 aliphatic carbocycles. The molecule has 1 unspecified atom stereocenters. The summed E-state index contributed by atoms with van der Waals surface area (Å²) in [5.74, 6) is -0.373. The second-order valence-corrected chi connectivity index (χ2v) is 5.87. The standard InChI is InChI=1S/C17H17NO5/c1-10(19)23-16-4-2-3-12-13(16)9-18(17(12)22)14-7-5-11(20)6-8-15(14)21/h2-4,14H,5-9H2,1H3. The molecule has 6 heteroatoms. The third-order valence-corrected chi connectivity index (χ3v) is 4.30. The maximum Gasteiger partial charge on any atom is 0.308 e. The molecule has 0 spiro atoms. The van der Waals surface area contributed by atoms with Crippen LogP contribution in [0.25, 0.3) is 0 Å². The van der Waals surface area contributed by atoms with Gasteiger partial charge in [-0.1, -0.05) is 6.07 Å². The fourth-order valence-electron chi connectivity index (χ4n) is 3.17. The van der Waals surface area contributed by atoms with Crippen molar-refractivity contribution in [2.24, 2.45) is 0 Å². The molecule has 1 atom stereocenters. The van der Waals surface area contributed by atoms with Crippen molar-refractivity contribution >= 4 is 23.4 Å². The van der Waals surface area contributed by atoms with Gasteiger partial charge in [-0.15, -0.1) is 0 Å². The van der Waals surface area contributed by atoms with Crippen LogP contribution in [-0.4, -0.2) is 34.4 Å². The Morgan fingerprint density at radius 2 is 1.96 bits per heavy atom. The number of carbonyl (C=O) groups excluding carboxylic acids is 4. The van der Waals surface area contributed by atoms with Crippen molar-refractivity contribution in [1.29, 1.82) is 0 Å². The Kier molecular flexibility index (Phi) is 3.98. The van der Waals surface area contributed by atoms with Crippen molar-refractivity contribution in [3.63, 3.8) is 0 Å². The van der Waals surface area contributed by atoms with Gasteiger partial charge < -0.3 is 9.64 Å². The van der Waals surface area contributed by atoms with E-state index in [4.69, 9.17) is 4.74 Å². The number of nitrogens with zero attached hydrogens (tertiary/aromatic N) is 1. The lowest BCUT2D eigenvalue weighted by Gasteiger charge is -2.25. The smallest absolute Gasteiger partial charge is 0.308 e. The van der Waals surface area contributed by atoms with Gasteiger partial charge in [0.25, 0.3) is 5.91 Å². The average Bonchev–Trinajstić information content (AvgIpc) is 2.74. The molecule has 1 heterocycles. The summed E-state index contributed by atoms with van der Waals surface area (Å²) in [6, 6.07) is 4.37. The highest BCUT2D eigenvalue weighted by Gasteiger charge is 2.38. The number of hydrogen-bond donors (Lipinski definition) is 0. The maximum atomic E-state index is 12.6. The zero-order valence-electron chi connectivity index (χ0n) is 12.8. The van der Waals surface area contributed by atoms with Gasteiger partial charge in [-0.3, -0.25) is 19.2 Å². The summed E-state index contributed by atoms with van der Waals surface area (Å²) in [4.78, 5) is 49.1. The molecule has 0 aromatic heterocycles. The van der Waals surface area contributed by atoms with Gasteiger partial charge in [-0.25, -0.2) is 0 Å². The normalized spacial score (nSPS) is 21.2. The summed E-state index contributed by atoms with van der Waals surface area (Å²) >= 11 is 0. The zero-order chi connectivity index (χ0) is 16.6. The predicted octanol–water partition coefficient (Wildman–Crippen LogP) is 1.65. The van der Waals surface area contributed by atoms with Gasteiger partial charge in [0.2, 0.25) is 0 Å². The van der Waals surface area contributed by atoms with Crippen LogP contribution in [0.1, 0.15) is 48.5 Å². The lowest BCUT2D eigenvalue weighted by Crippen LogP contribution is -2.40. The lowest BCUT2D eigenvalue weighted by atomic mass is 10.1. The molecule has 120 valence electrons. The van der Waals surface area contributed by atoms with Crippen LogP contribution >= 0.6 is 0 Å². The molecule has 1 aliphatic heterocycles. The Balaban J connectivity index is 1.89. The van der Waals surface area contributed by atoms with Crippen molar-refractivity contribution in [3.8, 4) is 5.75 Å². The molecule has 1 amide bonds. The average molecular weight is 315 g/mol. The highest BCUT2D eigenvalue weighted by Crippen LogP contribution is 2.34. The van der Waals surface area contributed by atoms with E-state index in [0.717, 1.165) is 0 Å². The fraction of sp³-hybridized carbons (Fsp3) is 0.412. The number of carbonyl (C=O) groups is 4. The molecule has 1 fully saturated rings. The fourth-order valence-corrected chi connectivity index (χ4v) is 3.17. The molecule has 1 aromatic carbocycles. The Morgan fingerprint density at radius 3 is 2.70 bits per heavy atom. The van der Waals surface area contributed by atoms with Crippen molar-refractivity contribution in [2.45, 2.75) is 45.2 Å². The first-order valence-corrected chi connectivity index (χ1v) is 7.63. The first kappa shape index (κ1) is 15.4. The maximum absolute atomic E-state index is 12.6. The van der Waals surface area contributed by atoms with E-state index in [2.05, 4.69) is 0 Å². The molecule has 23 heavy (non-hydrogen) atoms. The topological polar surface area (TPSA) is 80.8 Å². The van der Waals surface area contributed by atoms with E-state index in [9.17, 15) is 19.2 Å². The van der Waals surface area contributed by atoms with Crippen LogP contribution in [-0.2, 0) is 20.9 Å². The number of hydrogen-bond acceptors (Lipinski definition) is 5. The third-order valence-electron chi connectivity index (χ3n) is 4.30. The number of ketones is 2. The van der Waals surface area contributed by atoms with Gasteiger partial charge in [-0.2, -0.15) is 0 Å². The number of fused-ring (bicyclic) bond motifs is 1. The second kappa shape index (κ2) is 5.95. The zero-order valence-corrected chi connectivity index (χ0v) is 12.8. The van der Waals surface area contributed by atoms with Crippen LogP contribution < -0.4 is 4.74 Å². The summed E-state index contributed by atoms with van der Waals surface area (Å²) in [6.45, 7) is 1.52. The van der Waals surface area contributed by atoms with Crippen molar-refractivity contribution in [2.75, 3.05) is 0 Å². The molecule has 2 aliphatic rings. The SMILES string of the molecule is CC(=O)Oc1cccc2c1CN(C1CCC(=O)CCC1=O)C2=O. The highest BCUT2D eigenvalue weighted by molar-refractivity contribution is 6.03. The number of amides is 1. The van der Waals surface area contributed by atoms with Gasteiger partial charge >= 0.3 is 5.97 Å². The molecular weight excluding hydrogens is 298 g/mol. The lowest BCUT2D eigenvalue weighted by molar-refractivity contribution is -0.132. The molecule has 1 aromatic rings. The minimum absolute atomic E-state index is 0.0608. The summed E-state index contributed by atoms with van der Waals surface area (Å²) < 4.78 is 5.15. The molecule has 1 saturated carbocycles. The van der Waals surface area contributed by atoms with Crippen molar-refractivity contribution in [3.05, 3.63) is 29.3 Å². The summed E-state index contributed by atoms with van der Waals surface area (Å²) in [5.41, 5.74) is 1.07. The van der Waals surface area contributed by atoms with Gasteiger partial charge in [0, 0.05) is 37.3 Å². The summed E-state index contributed by atoms with van der Waals surface area (Å²) in [6.07, 6.45) is 1.11. The van der Waals surface area contributed by atoms with Crippen LogP contribution in [0.2, 0.25) is 0 Å². The van der Waals surface area contributed by atoms with Crippen LogP contribution in [0.4, 0.5) is 0 Å². The Bertz CT molecular complexity index is 709. The summed E-state index contributed by atoms with van der Waals surface area (Å²) in [5, 5.41) is 0. The van der Waals surface area contributed by atoms with E-state index < -0.39 is 12.0 Å². The number of rotatable bonds is 2. The van der Waals surface area contributed by atoms with Crippen LogP contribution in [0.15, 0.2) is 18.2 Å². The first-order valence-electron chi connectivity index (χ1n) is 7.63. The van der Waals surface area contributed by atoms with Gasteiger partial charge in [0.1, 0.15) is 11.5 Å². The van der Waals surface area contributed by atoms with Gasteiger partial charge in [0.15, 0.2) is 5.78 Å². The van der Waals surface area contributed by atoms with Crippen LogP contribution in [0.3, 0.4) is 0 Å². The van der Waals surface area contributed by atoms with Crippen molar-refractivity contribution < 1.29 is 23.9 Å². The molecule has 0 radical (unpaired) electrons. The quantitative estimate of drug-likeness (QED) is 0.471. The van der Waals surface area contributed by atoms with E-state index in [0.29, 0.717) is 29.7 Å². The number of esters is 1. The Labute approximate surface area is 133 Å². The van der Waals surface area contributed by atoms with Gasteiger partial charge in [0.05, 0.1) is 12.6 Å². The minimum atomic E-state index is -0.577. The first-order chi connectivity index (χ1) is 11.0. The molecule has 0 saturated heterocycles.